The Balaban J connectivity index is 1.80. The number of halogens is 7. The van der Waals surface area contributed by atoms with E-state index in [1.165, 1.54) is 16.9 Å². The molecule has 2 aromatic carbocycles. The van der Waals surface area contributed by atoms with Crippen molar-refractivity contribution in [1.29, 1.82) is 0 Å². The highest BCUT2D eigenvalue weighted by molar-refractivity contribution is 5.84. The zero-order valence-electron chi connectivity index (χ0n) is 26.3. The number of aromatic nitrogens is 3. The number of carbonyl (C=O) groups excluding carboxylic acids is 1. The lowest BCUT2D eigenvalue weighted by Crippen LogP contribution is -2.41. The number of rotatable bonds is 6. The van der Waals surface area contributed by atoms with Gasteiger partial charge in [0, 0.05) is 30.6 Å². The summed E-state index contributed by atoms with van der Waals surface area (Å²) in [7, 11) is 3.25. The number of benzene rings is 2. The maximum absolute atomic E-state index is 15.8. The molecule has 9 nitrogen and oxygen atoms in total. The Morgan fingerprint density at radius 3 is 2.37 bits per heavy atom. The Morgan fingerprint density at radius 2 is 1.73 bits per heavy atom. The number of hydrogen-bond acceptors (Lipinski definition) is 5. The minimum absolute atomic E-state index is 0.0754. The first-order chi connectivity index (χ1) is 22.8. The van der Waals surface area contributed by atoms with Gasteiger partial charge in [0.2, 0.25) is 5.91 Å². The second kappa shape index (κ2) is 13.1. The molecule has 1 amide bonds. The van der Waals surface area contributed by atoms with Gasteiger partial charge in [0.05, 0.1) is 35.8 Å². The molecule has 260 valence electrons. The van der Waals surface area contributed by atoms with Crippen molar-refractivity contribution in [3.63, 3.8) is 0 Å². The number of aliphatic carboxylic acids is 1. The highest BCUT2D eigenvalue weighted by Gasteiger charge is 2.40. The number of nitrogens with one attached hydrogen (secondary N) is 1. The summed E-state index contributed by atoms with van der Waals surface area (Å²) in [5.41, 5.74) is -4.34. The van der Waals surface area contributed by atoms with E-state index < -0.39 is 70.8 Å². The number of aryl methyl sites for hydroxylation is 1. The summed E-state index contributed by atoms with van der Waals surface area (Å²) in [6, 6.07) is 4.44. The molecule has 0 spiro atoms. The van der Waals surface area contributed by atoms with Crippen molar-refractivity contribution in [2.75, 3.05) is 20.6 Å². The first-order valence-electron chi connectivity index (χ1n) is 14.9. The lowest BCUT2D eigenvalue weighted by molar-refractivity contribution is -0.140. The van der Waals surface area contributed by atoms with Gasteiger partial charge in [-0.1, -0.05) is 18.2 Å². The van der Waals surface area contributed by atoms with Crippen LogP contribution in [0.3, 0.4) is 0 Å². The SMILES string of the molecule is Cc1cccc2c1-c1cc(c(F)c(C(F)(F)F)c1)[C@H](CC(=O)O)NC(=O)[C@@H](n1cc(CCN(C)C)c(C(F)(F)F)cc1=O)c1ccn(n1)C2. The molecule has 5 rings (SSSR count). The molecule has 0 saturated carbocycles. The van der Waals surface area contributed by atoms with E-state index in [1.54, 1.807) is 44.1 Å². The monoisotopic (exact) mass is 693 g/mol. The molecule has 0 unspecified atom stereocenters. The maximum atomic E-state index is 15.8. The van der Waals surface area contributed by atoms with Gasteiger partial charge in [-0.25, -0.2) is 4.39 Å². The summed E-state index contributed by atoms with van der Waals surface area (Å²) in [4.78, 5) is 41.0. The first kappa shape index (κ1) is 35.3. The summed E-state index contributed by atoms with van der Waals surface area (Å²) in [6.45, 7) is 1.68. The molecule has 0 aliphatic carbocycles. The van der Waals surface area contributed by atoms with Crippen LogP contribution in [-0.2, 0) is 34.9 Å². The van der Waals surface area contributed by atoms with Gasteiger partial charge < -0.3 is 15.3 Å². The molecular formula is C33H30F7N5O4. The molecule has 16 heteroatoms. The normalized spacial score (nSPS) is 16.8. The molecule has 1 aliphatic rings. The molecular weight excluding hydrogens is 663 g/mol. The third kappa shape index (κ3) is 7.38. The molecule has 49 heavy (non-hydrogen) atoms. The number of alkyl halides is 6. The topological polar surface area (TPSA) is 109 Å². The molecule has 2 aromatic heterocycles. The Morgan fingerprint density at radius 1 is 1.04 bits per heavy atom. The fourth-order valence-electron chi connectivity index (χ4n) is 5.98. The number of nitrogens with zero attached hydrogens (tertiary/aromatic N) is 4. The summed E-state index contributed by atoms with van der Waals surface area (Å²) in [5, 5.41) is 16.4. The van der Waals surface area contributed by atoms with Gasteiger partial charge >= 0.3 is 18.3 Å². The van der Waals surface area contributed by atoms with Crippen LogP contribution in [0.4, 0.5) is 30.7 Å². The van der Waals surface area contributed by atoms with Gasteiger partial charge in [0.15, 0.2) is 6.04 Å². The Kier molecular flexibility index (Phi) is 9.47. The standard InChI is InChI=1S/C33H30F7N5O4/c1-17-5-4-6-19-15-44-10-8-24(42-44)30(45-16-18(7-9-43(2)3)22(13-26(45)46)32(35,36)37)31(49)41-25(14-27(47)48)21-11-20(28(17)19)12-23(29(21)34)33(38,39)40/h4-6,8,10-13,16,25,30H,7,9,14-15H2,1-3H3,(H,41,49)(H,47,48)/t25-,30-/m0/s1. The van der Waals surface area contributed by atoms with Crippen LogP contribution in [-0.4, -0.2) is 56.9 Å². The zero-order chi connectivity index (χ0) is 36.0. The smallest absolute Gasteiger partial charge is 0.419 e. The average molecular weight is 694 g/mol. The second-order valence-corrected chi connectivity index (χ2v) is 12.0. The number of carbonyl (C=O) groups is 2. The molecule has 0 saturated heterocycles. The van der Waals surface area contributed by atoms with Gasteiger partial charge in [-0.05, 0) is 73.5 Å². The van der Waals surface area contributed by atoms with Crippen molar-refractivity contribution < 1.29 is 45.4 Å². The third-order valence-electron chi connectivity index (χ3n) is 8.22. The molecule has 2 atom stereocenters. The van der Waals surface area contributed by atoms with E-state index in [9.17, 15) is 45.8 Å². The first-order valence-corrected chi connectivity index (χ1v) is 14.9. The summed E-state index contributed by atoms with van der Waals surface area (Å²) in [6.07, 6.45) is -9.14. The van der Waals surface area contributed by atoms with E-state index in [0.717, 1.165) is 12.3 Å². The van der Waals surface area contributed by atoms with Crippen molar-refractivity contribution in [3.8, 4) is 11.1 Å². The Bertz CT molecular complexity index is 1980. The molecule has 2 N–H and O–H groups in total. The third-order valence-corrected chi connectivity index (χ3v) is 8.22. The number of carboxylic acid groups (broad SMARTS) is 1. The van der Waals surface area contributed by atoms with Gasteiger partial charge in [0.25, 0.3) is 5.56 Å². The summed E-state index contributed by atoms with van der Waals surface area (Å²) in [5.74, 6) is -4.64. The van der Waals surface area contributed by atoms with Crippen LogP contribution < -0.4 is 10.9 Å². The number of hydrogen-bond donors (Lipinski definition) is 2. The van der Waals surface area contributed by atoms with E-state index in [2.05, 4.69) is 10.4 Å². The van der Waals surface area contributed by atoms with Gasteiger partial charge in [-0.15, -0.1) is 0 Å². The highest BCUT2D eigenvalue weighted by Crippen LogP contribution is 2.40. The fraction of sp³-hybridized carbons (Fsp3) is 0.333. The summed E-state index contributed by atoms with van der Waals surface area (Å²) < 4.78 is 103. The predicted octanol–water partition coefficient (Wildman–Crippen LogP) is 5.58. The quantitative estimate of drug-likeness (QED) is 0.255. The second-order valence-electron chi connectivity index (χ2n) is 12.0. The number of amides is 1. The largest absolute Gasteiger partial charge is 0.481 e. The molecule has 0 radical (unpaired) electrons. The number of likely N-dealkylation sites (N-methyl/N-ethyl adjacent to an activating group) is 1. The van der Waals surface area contributed by atoms with Crippen LogP contribution in [0.15, 0.2) is 59.7 Å². The minimum Gasteiger partial charge on any atom is -0.481 e. The maximum Gasteiger partial charge on any atom is 0.419 e. The number of carboxylic acids is 1. The van der Waals surface area contributed by atoms with Crippen LogP contribution in [0.2, 0.25) is 0 Å². The van der Waals surface area contributed by atoms with Gasteiger partial charge in [-0.3, -0.25) is 23.6 Å². The van der Waals surface area contributed by atoms with E-state index in [0.29, 0.717) is 27.8 Å². The fourth-order valence-corrected chi connectivity index (χ4v) is 5.98. The van der Waals surface area contributed by atoms with Gasteiger partial charge in [0.1, 0.15) is 5.82 Å². The Labute approximate surface area is 274 Å². The number of pyridine rings is 1. The van der Waals surface area contributed by atoms with E-state index in [-0.39, 0.29) is 41.9 Å². The molecule has 0 fully saturated rings. The van der Waals surface area contributed by atoms with Crippen LogP contribution >= 0.6 is 0 Å². The van der Waals surface area contributed by atoms with Crippen molar-refractivity contribution in [2.45, 2.75) is 50.7 Å². The van der Waals surface area contributed by atoms with Crippen molar-refractivity contribution in [3.05, 3.63) is 110 Å². The molecule has 3 heterocycles. The molecule has 4 aromatic rings. The molecule has 4 bridgehead atoms. The van der Waals surface area contributed by atoms with E-state index >= 15 is 4.39 Å². The van der Waals surface area contributed by atoms with Crippen molar-refractivity contribution >= 4 is 11.9 Å². The molecule has 1 aliphatic heterocycles. The Hall–Kier alpha value is -4.99. The summed E-state index contributed by atoms with van der Waals surface area (Å²) >= 11 is 0. The van der Waals surface area contributed by atoms with Gasteiger partial charge in [-0.2, -0.15) is 31.4 Å². The number of fused-ring (bicyclic) bond motifs is 6. The highest BCUT2D eigenvalue weighted by atomic mass is 19.4. The van der Waals surface area contributed by atoms with Crippen molar-refractivity contribution in [1.82, 2.24) is 24.6 Å². The van der Waals surface area contributed by atoms with Crippen LogP contribution in [0, 0.1) is 12.7 Å². The van der Waals surface area contributed by atoms with Crippen molar-refractivity contribution in [2.24, 2.45) is 0 Å². The van der Waals surface area contributed by atoms with Crippen LogP contribution in [0.1, 0.15) is 57.6 Å². The lowest BCUT2D eigenvalue weighted by Gasteiger charge is -2.25. The average Bonchev–Trinajstić information content (AvgIpc) is 3.43. The van der Waals surface area contributed by atoms with Crippen LogP contribution in [0.5, 0.6) is 0 Å². The zero-order valence-corrected chi connectivity index (χ0v) is 26.3. The van der Waals surface area contributed by atoms with E-state index in [1.807, 2.05) is 0 Å². The van der Waals surface area contributed by atoms with Crippen LogP contribution in [0.25, 0.3) is 11.1 Å². The predicted molar refractivity (Wildman–Crippen MR) is 162 cm³/mol. The lowest BCUT2D eigenvalue weighted by atomic mass is 9.89. The van der Waals surface area contributed by atoms with E-state index in [4.69, 9.17) is 0 Å². The minimum atomic E-state index is -5.22.